The molecule has 1 aliphatic rings. The Hall–Kier alpha value is -0.860. The van der Waals surface area contributed by atoms with Crippen molar-refractivity contribution in [3.63, 3.8) is 0 Å². The van der Waals surface area contributed by atoms with Crippen LogP contribution in [0.15, 0.2) is 24.3 Å². The summed E-state index contributed by atoms with van der Waals surface area (Å²) in [6.45, 7) is 1.37. The van der Waals surface area contributed by atoms with Gasteiger partial charge in [0.1, 0.15) is 0 Å². The molecule has 2 rings (SSSR count). The van der Waals surface area contributed by atoms with Crippen LogP contribution in [0.1, 0.15) is 36.4 Å². The Morgan fingerprint density at radius 2 is 2.27 bits per heavy atom. The van der Waals surface area contributed by atoms with E-state index in [4.69, 9.17) is 5.11 Å². The SMILES string of the molecule is OCCc1cccc(C2CCCCN2)c1. The number of aliphatic hydroxyl groups is 1. The Bertz CT molecular complexity index is 305. The van der Waals surface area contributed by atoms with E-state index >= 15 is 0 Å². The molecule has 0 spiro atoms. The number of hydrogen-bond acceptors (Lipinski definition) is 2. The third-order valence-corrected chi connectivity index (χ3v) is 3.06. The fourth-order valence-corrected chi connectivity index (χ4v) is 2.23. The second kappa shape index (κ2) is 5.29. The molecule has 1 heterocycles. The largest absolute Gasteiger partial charge is 0.396 e. The lowest BCUT2D eigenvalue weighted by Gasteiger charge is -2.24. The van der Waals surface area contributed by atoms with Gasteiger partial charge in [0.2, 0.25) is 0 Å². The molecule has 1 aromatic carbocycles. The van der Waals surface area contributed by atoms with E-state index in [1.54, 1.807) is 0 Å². The molecule has 0 bridgehead atoms. The highest BCUT2D eigenvalue weighted by Crippen LogP contribution is 2.23. The van der Waals surface area contributed by atoms with E-state index in [0.717, 1.165) is 13.0 Å². The summed E-state index contributed by atoms with van der Waals surface area (Å²) in [5.41, 5.74) is 2.61. The molecular weight excluding hydrogens is 186 g/mol. The first-order valence-corrected chi connectivity index (χ1v) is 5.83. The fraction of sp³-hybridized carbons (Fsp3) is 0.538. The van der Waals surface area contributed by atoms with E-state index in [2.05, 4.69) is 29.6 Å². The molecule has 1 saturated heterocycles. The van der Waals surface area contributed by atoms with Crippen molar-refractivity contribution in [2.24, 2.45) is 0 Å². The van der Waals surface area contributed by atoms with Gasteiger partial charge in [-0.25, -0.2) is 0 Å². The van der Waals surface area contributed by atoms with Crippen molar-refractivity contribution in [2.45, 2.75) is 31.7 Å². The normalized spacial score (nSPS) is 21.5. The Morgan fingerprint density at radius 1 is 1.33 bits per heavy atom. The van der Waals surface area contributed by atoms with Gasteiger partial charge in [-0.15, -0.1) is 0 Å². The molecule has 1 unspecified atom stereocenters. The molecule has 15 heavy (non-hydrogen) atoms. The van der Waals surface area contributed by atoms with E-state index in [0.29, 0.717) is 6.04 Å². The van der Waals surface area contributed by atoms with Crippen LogP contribution >= 0.6 is 0 Å². The van der Waals surface area contributed by atoms with E-state index in [9.17, 15) is 0 Å². The summed E-state index contributed by atoms with van der Waals surface area (Å²) in [6, 6.07) is 9.11. The molecule has 2 nitrogen and oxygen atoms in total. The van der Waals surface area contributed by atoms with Gasteiger partial charge in [-0.05, 0) is 36.9 Å². The van der Waals surface area contributed by atoms with Crippen LogP contribution in [0.4, 0.5) is 0 Å². The van der Waals surface area contributed by atoms with Crippen molar-refractivity contribution in [1.29, 1.82) is 0 Å². The van der Waals surface area contributed by atoms with Crippen molar-refractivity contribution in [1.82, 2.24) is 5.32 Å². The maximum atomic E-state index is 8.91. The lowest BCUT2D eigenvalue weighted by atomic mass is 9.96. The number of benzene rings is 1. The molecule has 1 fully saturated rings. The second-order valence-corrected chi connectivity index (χ2v) is 4.22. The molecule has 2 heteroatoms. The maximum absolute atomic E-state index is 8.91. The van der Waals surface area contributed by atoms with Crippen LogP contribution in [0.3, 0.4) is 0 Å². The lowest BCUT2D eigenvalue weighted by Crippen LogP contribution is -2.26. The summed E-state index contributed by atoms with van der Waals surface area (Å²) in [5, 5.41) is 12.4. The summed E-state index contributed by atoms with van der Waals surface area (Å²) >= 11 is 0. The zero-order valence-electron chi connectivity index (χ0n) is 9.08. The molecule has 0 aliphatic carbocycles. The van der Waals surface area contributed by atoms with Crippen LogP contribution in [0, 0.1) is 0 Å². The van der Waals surface area contributed by atoms with Crippen LogP contribution in [-0.4, -0.2) is 18.3 Å². The maximum Gasteiger partial charge on any atom is 0.0471 e. The average Bonchev–Trinajstić information content (AvgIpc) is 2.31. The number of hydrogen-bond donors (Lipinski definition) is 2. The lowest BCUT2D eigenvalue weighted by molar-refractivity contribution is 0.299. The molecular formula is C13H19NO. The summed E-state index contributed by atoms with van der Waals surface area (Å²) in [4.78, 5) is 0. The zero-order chi connectivity index (χ0) is 10.5. The zero-order valence-corrected chi connectivity index (χ0v) is 9.08. The fourth-order valence-electron chi connectivity index (χ4n) is 2.23. The Balaban J connectivity index is 2.09. The number of aliphatic hydroxyl groups excluding tert-OH is 1. The minimum atomic E-state index is 0.238. The minimum absolute atomic E-state index is 0.238. The third kappa shape index (κ3) is 2.80. The topological polar surface area (TPSA) is 32.3 Å². The van der Waals surface area contributed by atoms with Gasteiger partial charge in [0, 0.05) is 12.6 Å². The summed E-state index contributed by atoms with van der Waals surface area (Å²) < 4.78 is 0. The molecule has 1 aliphatic heterocycles. The van der Waals surface area contributed by atoms with E-state index < -0.39 is 0 Å². The van der Waals surface area contributed by atoms with Gasteiger partial charge in [-0.2, -0.15) is 0 Å². The van der Waals surface area contributed by atoms with Crippen molar-refractivity contribution < 1.29 is 5.11 Å². The smallest absolute Gasteiger partial charge is 0.0471 e. The first kappa shape index (κ1) is 10.7. The van der Waals surface area contributed by atoms with Crippen LogP contribution in [0.5, 0.6) is 0 Å². The monoisotopic (exact) mass is 205 g/mol. The van der Waals surface area contributed by atoms with Gasteiger partial charge < -0.3 is 10.4 Å². The minimum Gasteiger partial charge on any atom is -0.396 e. The molecule has 0 radical (unpaired) electrons. The summed E-state index contributed by atoms with van der Waals surface area (Å²) in [6.07, 6.45) is 4.62. The highest BCUT2D eigenvalue weighted by atomic mass is 16.2. The van der Waals surface area contributed by atoms with Gasteiger partial charge in [-0.1, -0.05) is 30.7 Å². The van der Waals surface area contributed by atoms with Crippen molar-refractivity contribution in [3.8, 4) is 0 Å². The summed E-state index contributed by atoms with van der Waals surface area (Å²) in [7, 11) is 0. The molecule has 0 saturated carbocycles. The number of piperidine rings is 1. The average molecular weight is 205 g/mol. The molecule has 1 aromatic rings. The van der Waals surface area contributed by atoms with Crippen LogP contribution in [0.2, 0.25) is 0 Å². The Labute approximate surface area is 91.3 Å². The van der Waals surface area contributed by atoms with E-state index in [1.165, 1.54) is 30.4 Å². The van der Waals surface area contributed by atoms with Crippen LogP contribution in [-0.2, 0) is 6.42 Å². The number of rotatable bonds is 3. The van der Waals surface area contributed by atoms with Gasteiger partial charge >= 0.3 is 0 Å². The number of nitrogens with one attached hydrogen (secondary N) is 1. The molecule has 2 N–H and O–H groups in total. The quantitative estimate of drug-likeness (QED) is 0.791. The van der Waals surface area contributed by atoms with E-state index in [1.807, 2.05) is 0 Å². The van der Waals surface area contributed by atoms with E-state index in [-0.39, 0.29) is 6.61 Å². The summed E-state index contributed by atoms with van der Waals surface area (Å²) in [5.74, 6) is 0. The standard InChI is InChI=1S/C13H19NO/c15-9-7-11-4-3-5-12(10-11)13-6-1-2-8-14-13/h3-5,10,13-15H,1-2,6-9H2. The predicted molar refractivity (Wildman–Crippen MR) is 61.8 cm³/mol. The van der Waals surface area contributed by atoms with Crippen molar-refractivity contribution >= 4 is 0 Å². The molecule has 0 amide bonds. The highest BCUT2D eigenvalue weighted by molar-refractivity contribution is 5.26. The Morgan fingerprint density at radius 3 is 3.00 bits per heavy atom. The Kier molecular flexibility index (Phi) is 3.75. The predicted octanol–water partition coefficient (Wildman–Crippen LogP) is 2.04. The third-order valence-electron chi connectivity index (χ3n) is 3.06. The van der Waals surface area contributed by atoms with Gasteiger partial charge in [0.25, 0.3) is 0 Å². The molecule has 1 atom stereocenters. The van der Waals surface area contributed by atoms with Gasteiger partial charge in [-0.3, -0.25) is 0 Å². The van der Waals surface area contributed by atoms with Crippen molar-refractivity contribution in [3.05, 3.63) is 35.4 Å². The molecule has 82 valence electrons. The first-order chi connectivity index (χ1) is 7.40. The van der Waals surface area contributed by atoms with Gasteiger partial charge in [0.15, 0.2) is 0 Å². The first-order valence-electron chi connectivity index (χ1n) is 5.83. The molecule has 0 aromatic heterocycles. The van der Waals surface area contributed by atoms with Crippen LogP contribution in [0.25, 0.3) is 0 Å². The van der Waals surface area contributed by atoms with Crippen molar-refractivity contribution in [2.75, 3.05) is 13.2 Å². The highest BCUT2D eigenvalue weighted by Gasteiger charge is 2.14. The van der Waals surface area contributed by atoms with Gasteiger partial charge in [0.05, 0.1) is 0 Å². The van der Waals surface area contributed by atoms with Crippen LogP contribution < -0.4 is 5.32 Å². The second-order valence-electron chi connectivity index (χ2n) is 4.22.